The number of hydrogen-bond acceptors (Lipinski definition) is 4. The van der Waals surface area contributed by atoms with E-state index in [4.69, 9.17) is 4.74 Å². The maximum atomic E-state index is 5.36. The van der Waals surface area contributed by atoms with Gasteiger partial charge in [0.15, 0.2) is 5.17 Å². The van der Waals surface area contributed by atoms with Crippen LogP contribution in [0.5, 0.6) is 0 Å². The molecule has 1 heterocycles. The minimum absolute atomic E-state index is 0.126. The number of hydrogen-bond donors (Lipinski definition) is 1. The Bertz CT molecular complexity index is 251. The zero-order valence-electron chi connectivity index (χ0n) is 11.0. The van der Waals surface area contributed by atoms with Crippen molar-refractivity contribution < 1.29 is 4.74 Å². The smallest absolute Gasteiger partial charge is 0.157 e. The maximum Gasteiger partial charge on any atom is 0.157 e. The number of nitrogens with one attached hydrogen (secondary N) is 1. The van der Waals surface area contributed by atoms with Crippen molar-refractivity contribution in [3.05, 3.63) is 0 Å². The summed E-state index contributed by atoms with van der Waals surface area (Å²) in [6.45, 7) is 10.4. The third kappa shape index (κ3) is 4.74. The molecule has 0 aromatic carbocycles. The van der Waals surface area contributed by atoms with Gasteiger partial charge in [0.1, 0.15) is 0 Å². The van der Waals surface area contributed by atoms with Crippen molar-refractivity contribution in [2.24, 2.45) is 10.9 Å². The van der Waals surface area contributed by atoms with E-state index in [0.717, 1.165) is 24.2 Å². The maximum absolute atomic E-state index is 5.36. The highest BCUT2D eigenvalue weighted by Crippen LogP contribution is 2.25. The number of ether oxygens (including phenoxy) is 1. The second-order valence-electron chi connectivity index (χ2n) is 5.33. The summed E-state index contributed by atoms with van der Waals surface area (Å²) in [7, 11) is 1.74. The van der Waals surface area contributed by atoms with Gasteiger partial charge in [-0.1, -0.05) is 25.6 Å². The van der Waals surface area contributed by atoms with Gasteiger partial charge in [-0.15, -0.1) is 0 Å². The highest BCUT2D eigenvalue weighted by molar-refractivity contribution is 8.14. The first kappa shape index (κ1) is 13.8. The molecule has 0 aliphatic carbocycles. The molecule has 0 aromatic heterocycles. The molecule has 0 amide bonds. The summed E-state index contributed by atoms with van der Waals surface area (Å²) in [4.78, 5) is 4.52. The summed E-state index contributed by atoms with van der Waals surface area (Å²) >= 11 is 1.87. The first-order chi connectivity index (χ1) is 7.43. The Morgan fingerprint density at radius 2 is 2.25 bits per heavy atom. The average Bonchev–Trinajstić information content (AvgIpc) is 2.62. The Hall–Kier alpha value is -0.220. The zero-order valence-corrected chi connectivity index (χ0v) is 11.9. The van der Waals surface area contributed by atoms with Crippen LogP contribution in [0.3, 0.4) is 0 Å². The van der Waals surface area contributed by atoms with Crippen LogP contribution >= 0.6 is 11.8 Å². The molecule has 16 heavy (non-hydrogen) atoms. The van der Waals surface area contributed by atoms with E-state index < -0.39 is 0 Å². The molecule has 0 fully saturated rings. The summed E-state index contributed by atoms with van der Waals surface area (Å²) in [6, 6.07) is 0. The van der Waals surface area contributed by atoms with E-state index in [0.29, 0.717) is 5.25 Å². The van der Waals surface area contributed by atoms with Crippen LogP contribution < -0.4 is 5.32 Å². The molecule has 94 valence electrons. The molecule has 0 radical (unpaired) electrons. The van der Waals surface area contributed by atoms with E-state index in [2.05, 4.69) is 38.0 Å². The highest BCUT2D eigenvalue weighted by atomic mass is 32.2. The van der Waals surface area contributed by atoms with E-state index in [1.807, 2.05) is 11.8 Å². The standard InChI is InChI=1S/C12H24N2OS/c1-9(2)6-10-7-13-11(16-10)14-8-12(3,4)15-5/h9-10H,6-8H2,1-5H3,(H,13,14). The van der Waals surface area contributed by atoms with Gasteiger partial charge < -0.3 is 10.1 Å². The van der Waals surface area contributed by atoms with Crippen molar-refractivity contribution in [2.45, 2.75) is 45.0 Å². The quantitative estimate of drug-likeness (QED) is 0.807. The van der Waals surface area contributed by atoms with Crippen LogP contribution in [0.1, 0.15) is 34.1 Å². The van der Waals surface area contributed by atoms with Gasteiger partial charge in [-0.05, 0) is 26.2 Å². The predicted octanol–water partition coefficient (Wildman–Crippen LogP) is 2.52. The van der Waals surface area contributed by atoms with Crippen LogP contribution in [0.4, 0.5) is 0 Å². The lowest BCUT2D eigenvalue weighted by molar-refractivity contribution is 0.0271. The molecular weight excluding hydrogens is 220 g/mol. The lowest BCUT2D eigenvalue weighted by atomic mass is 10.1. The van der Waals surface area contributed by atoms with Crippen LogP contribution in [0.15, 0.2) is 4.99 Å². The molecular formula is C12H24N2OS. The Balaban J connectivity index is 2.26. The molecule has 0 spiro atoms. The van der Waals surface area contributed by atoms with Crippen LogP contribution in [0, 0.1) is 5.92 Å². The highest BCUT2D eigenvalue weighted by Gasteiger charge is 2.22. The van der Waals surface area contributed by atoms with Crippen molar-refractivity contribution >= 4 is 16.9 Å². The third-order valence-electron chi connectivity index (χ3n) is 2.67. The normalized spacial score (nSPS) is 21.4. The molecule has 0 saturated carbocycles. The van der Waals surface area contributed by atoms with Gasteiger partial charge in [0.25, 0.3) is 0 Å². The van der Waals surface area contributed by atoms with Gasteiger partial charge in [0.2, 0.25) is 0 Å². The van der Waals surface area contributed by atoms with Crippen LogP contribution in [0.25, 0.3) is 0 Å². The molecule has 1 aliphatic heterocycles. The monoisotopic (exact) mass is 244 g/mol. The van der Waals surface area contributed by atoms with Crippen LogP contribution in [-0.4, -0.2) is 36.2 Å². The second kappa shape index (κ2) is 5.92. The predicted molar refractivity (Wildman–Crippen MR) is 72.2 cm³/mol. The fourth-order valence-electron chi connectivity index (χ4n) is 1.52. The first-order valence-electron chi connectivity index (χ1n) is 5.93. The Labute approximate surface area is 103 Å². The van der Waals surface area contributed by atoms with Crippen LogP contribution in [-0.2, 0) is 4.74 Å². The molecule has 1 atom stereocenters. The van der Waals surface area contributed by atoms with Crippen molar-refractivity contribution in [3.63, 3.8) is 0 Å². The zero-order chi connectivity index (χ0) is 12.2. The largest absolute Gasteiger partial charge is 0.377 e. The minimum Gasteiger partial charge on any atom is -0.377 e. The summed E-state index contributed by atoms with van der Waals surface area (Å²) < 4.78 is 5.36. The molecule has 0 aromatic rings. The fraction of sp³-hybridized carbons (Fsp3) is 0.917. The Morgan fingerprint density at radius 3 is 2.81 bits per heavy atom. The molecule has 0 saturated heterocycles. The lowest BCUT2D eigenvalue weighted by Crippen LogP contribution is -2.38. The Kier molecular flexibility index (Phi) is 5.12. The third-order valence-corrected chi connectivity index (χ3v) is 3.84. The van der Waals surface area contributed by atoms with Gasteiger partial charge in [-0.3, -0.25) is 4.99 Å². The number of nitrogens with zero attached hydrogens (tertiary/aromatic N) is 1. The second-order valence-corrected chi connectivity index (χ2v) is 6.62. The van der Waals surface area contributed by atoms with E-state index in [1.54, 1.807) is 7.11 Å². The van der Waals surface area contributed by atoms with E-state index in [9.17, 15) is 0 Å². The average molecular weight is 244 g/mol. The number of aliphatic imine (C=N–C) groups is 1. The molecule has 1 aliphatic rings. The summed E-state index contributed by atoms with van der Waals surface area (Å²) in [5, 5.41) is 5.10. The van der Waals surface area contributed by atoms with Crippen molar-refractivity contribution in [2.75, 3.05) is 20.2 Å². The molecule has 3 nitrogen and oxygen atoms in total. The number of rotatable bonds is 5. The molecule has 0 bridgehead atoms. The van der Waals surface area contributed by atoms with Gasteiger partial charge in [-0.2, -0.15) is 0 Å². The minimum atomic E-state index is -0.126. The van der Waals surface area contributed by atoms with Crippen molar-refractivity contribution in [1.29, 1.82) is 0 Å². The number of amidine groups is 1. The van der Waals surface area contributed by atoms with Gasteiger partial charge in [-0.25, -0.2) is 0 Å². The SMILES string of the molecule is COC(C)(C)CNC1=NCC(CC(C)C)S1. The van der Waals surface area contributed by atoms with Crippen molar-refractivity contribution in [3.8, 4) is 0 Å². The van der Waals surface area contributed by atoms with Gasteiger partial charge in [0.05, 0.1) is 12.1 Å². The van der Waals surface area contributed by atoms with Crippen LogP contribution in [0.2, 0.25) is 0 Å². The Morgan fingerprint density at radius 1 is 1.56 bits per heavy atom. The topological polar surface area (TPSA) is 33.6 Å². The van der Waals surface area contributed by atoms with Crippen molar-refractivity contribution in [1.82, 2.24) is 5.32 Å². The van der Waals surface area contributed by atoms with Gasteiger partial charge >= 0.3 is 0 Å². The van der Waals surface area contributed by atoms with E-state index >= 15 is 0 Å². The molecule has 1 unspecified atom stereocenters. The van der Waals surface area contributed by atoms with E-state index in [-0.39, 0.29) is 5.60 Å². The first-order valence-corrected chi connectivity index (χ1v) is 6.81. The van der Waals surface area contributed by atoms with Gasteiger partial charge in [0, 0.05) is 18.9 Å². The number of methoxy groups -OCH3 is 1. The van der Waals surface area contributed by atoms with E-state index in [1.165, 1.54) is 6.42 Å². The molecule has 1 rings (SSSR count). The summed E-state index contributed by atoms with van der Waals surface area (Å²) in [5.41, 5.74) is -0.126. The lowest BCUT2D eigenvalue weighted by Gasteiger charge is -2.23. The molecule has 1 N–H and O–H groups in total. The summed E-state index contributed by atoms with van der Waals surface area (Å²) in [5.74, 6) is 0.752. The fourth-order valence-corrected chi connectivity index (χ4v) is 2.77. The summed E-state index contributed by atoms with van der Waals surface area (Å²) in [6.07, 6.45) is 1.24. The number of thioether (sulfide) groups is 1. The molecule has 4 heteroatoms.